The average molecular weight is 1530 g/mol. The molecular formula is C112H90F2N2O2. The number of anilines is 6. The van der Waals surface area contributed by atoms with Crippen LogP contribution in [0.3, 0.4) is 0 Å². The van der Waals surface area contributed by atoms with E-state index >= 15 is 8.78 Å². The highest BCUT2D eigenvalue weighted by Crippen LogP contribution is 2.60. The molecule has 118 heavy (non-hydrogen) atoms. The van der Waals surface area contributed by atoms with Gasteiger partial charge in [0.05, 0.1) is 10.8 Å². The summed E-state index contributed by atoms with van der Waals surface area (Å²) in [6, 6.07) is 129. The smallest absolute Gasteiger partial charge is 0.127 e. The molecule has 2 aliphatic carbocycles. The second kappa shape index (κ2) is 30.4. The predicted molar refractivity (Wildman–Crippen MR) is 487 cm³/mol. The molecule has 0 bridgehead atoms. The molecule has 0 radical (unpaired) electrons. The number of aryl methyl sites for hydroxylation is 2. The highest BCUT2D eigenvalue weighted by Gasteiger charge is 2.49. The summed E-state index contributed by atoms with van der Waals surface area (Å²) in [6.07, 6.45) is 3.67. The topological polar surface area (TPSA) is 24.9 Å². The molecular weight excluding hydrogens is 1440 g/mol. The van der Waals surface area contributed by atoms with Crippen LogP contribution < -0.4 is 19.3 Å². The van der Waals surface area contributed by atoms with Crippen LogP contribution in [0, 0.1) is 25.5 Å². The predicted octanol–water partition coefficient (Wildman–Crippen LogP) is 30.7. The number of benzene rings is 16. The molecule has 2 atom stereocenters. The minimum absolute atomic E-state index is 0.0694. The van der Waals surface area contributed by atoms with E-state index in [1.165, 1.54) is 33.4 Å². The van der Waals surface area contributed by atoms with Crippen LogP contribution in [-0.2, 0) is 21.7 Å². The lowest BCUT2D eigenvalue weighted by atomic mass is 9.67. The molecule has 0 aromatic heterocycles. The van der Waals surface area contributed by atoms with Gasteiger partial charge < -0.3 is 19.3 Å². The van der Waals surface area contributed by atoms with Gasteiger partial charge in [-0.2, -0.15) is 0 Å². The van der Waals surface area contributed by atoms with Crippen molar-refractivity contribution in [1.82, 2.24) is 0 Å². The molecule has 2 aliphatic rings. The molecule has 16 aromatic carbocycles. The zero-order valence-corrected chi connectivity index (χ0v) is 67.7. The first-order chi connectivity index (χ1) is 57.2. The molecule has 0 saturated carbocycles. The molecule has 0 spiro atoms. The highest BCUT2D eigenvalue weighted by atomic mass is 19.1. The van der Waals surface area contributed by atoms with E-state index in [1.54, 1.807) is 26.0 Å². The Labute approximate surface area is 692 Å². The van der Waals surface area contributed by atoms with Crippen LogP contribution in [0.25, 0.3) is 67.8 Å². The van der Waals surface area contributed by atoms with Crippen LogP contribution in [-0.4, -0.2) is 0 Å². The van der Waals surface area contributed by atoms with Gasteiger partial charge in [-0.05, 0) is 292 Å². The Morgan fingerprint density at radius 1 is 0.271 bits per heavy atom. The largest absolute Gasteiger partial charge is 0.457 e. The Balaban J connectivity index is 0.750. The van der Waals surface area contributed by atoms with E-state index in [0.717, 1.165) is 146 Å². The van der Waals surface area contributed by atoms with Crippen LogP contribution in [0.4, 0.5) is 42.9 Å². The third-order valence-electron chi connectivity index (χ3n) is 24.1. The Kier molecular flexibility index (Phi) is 19.4. The van der Waals surface area contributed by atoms with Crippen molar-refractivity contribution in [2.75, 3.05) is 9.80 Å². The van der Waals surface area contributed by atoms with Gasteiger partial charge in [-0.1, -0.05) is 297 Å². The highest BCUT2D eigenvalue weighted by molar-refractivity contribution is 5.93. The second-order valence-corrected chi connectivity index (χ2v) is 33.3. The summed E-state index contributed by atoms with van der Waals surface area (Å²) in [7, 11) is 0. The van der Waals surface area contributed by atoms with Gasteiger partial charge in [0.15, 0.2) is 0 Å². The molecule has 574 valence electrons. The van der Waals surface area contributed by atoms with E-state index in [2.05, 4.69) is 344 Å². The maximum Gasteiger partial charge on any atom is 0.127 e. The average Bonchev–Trinajstić information content (AvgIpc) is 1.54. The van der Waals surface area contributed by atoms with Crippen LogP contribution in [0.5, 0.6) is 23.0 Å². The lowest BCUT2D eigenvalue weighted by molar-refractivity contribution is 0.482. The summed E-state index contributed by atoms with van der Waals surface area (Å²) in [6.45, 7) is 25.1. The summed E-state index contributed by atoms with van der Waals surface area (Å²) in [4.78, 5) is 4.69. The molecule has 2 unspecified atom stereocenters. The number of hydrogen-bond donors (Lipinski definition) is 0. The van der Waals surface area contributed by atoms with Gasteiger partial charge in [0.1, 0.15) is 34.6 Å². The molecule has 0 amide bonds. The van der Waals surface area contributed by atoms with E-state index < -0.39 is 10.8 Å². The SMILES string of the molecule is C=Cc1ccc(Oc2ccc(C3(c4ccc(C(C)(C)C)cc4)c4ccccc4-c4ccc(N(c5ccc(-c6ccc(N(c7ccc(-c8ccc(C)c(F)c8)cc7)c7ccc8c(c7)C(c7ccc(Oc9ccc(C=C)cc9)cc7)(c7ccc(C(C)(C)C)cc7)c7ccccc7-8)cc6)cc5)c5ccc(-c6ccc(C)c(F)c6)cc5)cc43)cc2)cc1. The molecule has 0 saturated heterocycles. The number of hydrogen-bond acceptors (Lipinski definition) is 4. The first-order valence-corrected chi connectivity index (χ1v) is 40.5. The van der Waals surface area contributed by atoms with Gasteiger partial charge in [0.25, 0.3) is 0 Å². The molecule has 0 fully saturated rings. The zero-order chi connectivity index (χ0) is 81.2. The third-order valence-corrected chi connectivity index (χ3v) is 24.1. The standard InChI is InChI=1S/C112H90F2N2O2/c1-11-75-23-59-95(60-24-75)117-97-63-45-87(46-64-97)111(85-41-37-83(38-42-85)109(5,6)7)103-19-15-13-17-99(103)101-67-57-93(71-105(101)111)115(91-53-33-79(34-54-91)81-27-21-73(3)107(113)69-81)89-49-29-77(30-50-89)78-31-51-90(52-32-78)116(92-55-35-80(36-56-92)82-28-22-74(4)108(114)70-82)94-58-68-102-100-18-14-16-20-104(100)112(106(102)72-94,86-43-39-84(40-44-86)110(8,9)10)88-47-65-98(66-48-88)118-96-61-25-76(12-2)26-62-96/h11-72H,1-2H2,3-10H3. The van der Waals surface area contributed by atoms with Crippen molar-refractivity contribution in [2.45, 2.75) is 77.0 Å². The van der Waals surface area contributed by atoms with Gasteiger partial charge in [0, 0.05) is 34.1 Å². The van der Waals surface area contributed by atoms with Crippen molar-refractivity contribution >= 4 is 46.3 Å². The summed E-state index contributed by atoms with van der Waals surface area (Å²) in [5.74, 6) is 2.49. The van der Waals surface area contributed by atoms with Crippen molar-refractivity contribution < 1.29 is 18.3 Å². The Bertz CT molecular complexity index is 6060. The van der Waals surface area contributed by atoms with Crippen LogP contribution >= 0.6 is 0 Å². The molecule has 0 heterocycles. The summed E-state index contributed by atoms with van der Waals surface area (Å²) >= 11 is 0. The van der Waals surface area contributed by atoms with Gasteiger partial charge >= 0.3 is 0 Å². The normalized spacial score (nSPS) is 14.5. The first-order valence-electron chi connectivity index (χ1n) is 40.5. The minimum Gasteiger partial charge on any atom is -0.457 e. The van der Waals surface area contributed by atoms with E-state index in [-0.39, 0.29) is 22.5 Å². The monoisotopic (exact) mass is 1530 g/mol. The summed E-state index contributed by atoms with van der Waals surface area (Å²) in [5.41, 5.74) is 29.2. The molecule has 0 N–H and O–H groups in total. The van der Waals surface area contributed by atoms with Crippen LogP contribution in [0.2, 0.25) is 0 Å². The van der Waals surface area contributed by atoms with Crippen LogP contribution in [0.1, 0.15) is 119 Å². The van der Waals surface area contributed by atoms with E-state index in [1.807, 2.05) is 84.9 Å². The van der Waals surface area contributed by atoms with Gasteiger partial charge in [-0.3, -0.25) is 0 Å². The quantitative estimate of drug-likeness (QED) is 0.0806. The zero-order valence-electron chi connectivity index (χ0n) is 67.7. The number of ether oxygens (including phenoxy) is 2. The first kappa shape index (κ1) is 75.4. The van der Waals surface area contributed by atoms with Crippen LogP contribution in [0.15, 0.2) is 377 Å². The van der Waals surface area contributed by atoms with E-state index in [4.69, 9.17) is 9.47 Å². The Hall–Kier alpha value is -13.9. The number of fused-ring (bicyclic) bond motifs is 6. The molecule has 6 heteroatoms. The Morgan fingerprint density at radius 2 is 0.534 bits per heavy atom. The van der Waals surface area contributed by atoms with Gasteiger partial charge in [-0.25, -0.2) is 8.78 Å². The molecule has 4 nitrogen and oxygen atoms in total. The van der Waals surface area contributed by atoms with Crippen molar-refractivity contribution in [3.63, 3.8) is 0 Å². The fourth-order valence-corrected chi connectivity index (χ4v) is 17.6. The minimum atomic E-state index is -0.760. The molecule has 18 rings (SSSR count). The lowest BCUT2D eigenvalue weighted by Crippen LogP contribution is -2.29. The van der Waals surface area contributed by atoms with Gasteiger partial charge in [-0.15, -0.1) is 0 Å². The maximum absolute atomic E-state index is 15.3. The fourth-order valence-electron chi connectivity index (χ4n) is 17.6. The van der Waals surface area contributed by atoms with Gasteiger partial charge in [0.2, 0.25) is 0 Å². The summed E-state index contributed by atoms with van der Waals surface area (Å²) < 4.78 is 43.7. The second-order valence-electron chi connectivity index (χ2n) is 33.3. The number of halogens is 2. The van der Waals surface area contributed by atoms with Crippen molar-refractivity contribution in [2.24, 2.45) is 0 Å². The van der Waals surface area contributed by atoms with Crippen molar-refractivity contribution in [3.8, 4) is 78.6 Å². The number of rotatable bonds is 19. The Morgan fingerprint density at radius 3 is 0.831 bits per heavy atom. The van der Waals surface area contributed by atoms with E-state index in [9.17, 15) is 0 Å². The molecule has 16 aromatic rings. The number of nitrogens with zero attached hydrogens (tertiary/aromatic N) is 2. The van der Waals surface area contributed by atoms with Crippen molar-refractivity contribution in [3.05, 3.63) is 467 Å². The fraction of sp³-hybridized carbons (Fsp3) is 0.107. The maximum atomic E-state index is 15.3. The lowest BCUT2D eigenvalue weighted by Gasteiger charge is -2.35. The third kappa shape index (κ3) is 13.7. The van der Waals surface area contributed by atoms with E-state index in [0.29, 0.717) is 11.1 Å². The molecule has 0 aliphatic heterocycles. The summed E-state index contributed by atoms with van der Waals surface area (Å²) in [5, 5.41) is 0. The van der Waals surface area contributed by atoms with Crippen molar-refractivity contribution in [1.29, 1.82) is 0 Å².